The largest absolute Gasteiger partial charge is 0.460 e. The summed E-state index contributed by atoms with van der Waals surface area (Å²) in [5, 5.41) is 4.74. The Morgan fingerprint density at radius 1 is 1.25 bits per heavy atom. The molecule has 0 spiro atoms. The highest BCUT2D eigenvalue weighted by molar-refractivity contribution is 5.95. The summed E-state index contributed by atoms with van der Waals surface area (Å²) in [6.07, 6.45) is 1.47. The first-order chi connectivity index (χ1) is 11.6. The summed E-state index contributed by atoms with van der Waals surface area (Å²) in [5.41, 5.74) is 0.921. The fraction of sp³-hybridized carbons (Fsp3) is 0.471. The van der Waals surface area contributed by atoms with Gasteiger partial charge >= 0.3 is 12.0 Å². The van der Waals surface area contributed by atoms with Crippen LogP contribution in [-0.2, 0) is 20.9 Å². The fourth-order valence-corrected chi connectivity index (χ4v) is 2.66. The first-order valence-corrected chi connectivity index (χ1v) is 8.12. The van der Waals surface area contributed by atoms with Crippen LogP contribution in [0.1, 0.15) is 25.3 Å². The molecule has 1 aromatic carbocycles. The maximum Gasteiger partial charge on any atom is 0.323 e. The number of nitrogens with one attached hydrogen (secondary N) is 2. The van der Waals surface area contributed by atoms with Crippen molar-refractivity contribution in [3.63, 3.8) is 0 Å². The van der Waals surface area contributed by atoms with Gasteiger partial charge in [-0.3, -0.25) is 19.8 Å². The number of hydrogen-bond acceptors (Lipinski definition) is 5. The van der Waals surface area contributed by atoms with Gasteiger partial charge in [-0.2, -0.15) is 0 Å². The normalized spacial score (nSPS) is 17.3. The molecule has 7 nitrogen and oxygen atoms in total. The van der Waals surface area contributed by atoms with Crippen molar-refractivity contribution < 1.29 is 19.1 Å². The van der Waals surface area contributed by atoms with E-state index in [4.69, 9.17) is 4.74 Å². The minimum Gasteiger partial charge on any atom is -0.460 e. The predicted molar refractivity (Wildman–Crippen MR) is 88.0 cm³/mol. The molecule has 7 heteroatoms. The highest BCUT2D eigenvalue weighted by Crippen LogP contribution is 2.18. The smallest absolute Gasteiger partial charge is 0.323 e. The molecule has 1 aliphatic heterocycles. The average Bonchev–Trinajstić information content (AvgIpc) is 3.01. The lowest BCUT2D eigenvalue weighted by Gasteiger charge is -2.22. The number of likely N-dealkylation sites (tertiary alicyclic amines) is 1. The predicted octanol–water partition coefficient (Wildman–Crippen LogP) is 1.04. The zero-order chi connectivity index (χ0) is 17.4. The number of imide groups is 1. The number of esters is 1. The Kier molecular flexibility index (Phi) is 6.74. The van der Waals surface area contributed by atoms with Crippen molar-refractivity contribution in [2.24, 2.45) is 0 Å². The molecule has 1 aromatic rings. The van der Waals surface area contributed by atoms with Gasteiger partial charge in [0.05, 0.1) is 6.54 Å². The molecule has 2 rings (SSSR count). The lowest BCUT2D eigenvalue weighted by molar-refractivity contribution is -0.150. The first-order valence-electron chi connectivity index (χ1n) is 8.12. The Morgan fingerprint density at radius 2 is 2.00 bits per heavy atom. The number of benzene rings is 1. The van der Waals surface area contributed by atoms with Gasteiger partial charge in [-0.15, -0.1) is 0 Å². The SMILES string of the molecule is CCNC(=O)NC(=O)CN1CCCC1C(=O)OCc1ccccc1. The zero-order valence-electron chi connectivity index (χ0n) is 13.8. The Labute approximate surface area is 141 Å². The minimum atomic E-state index is -0.523. The van der Waals surface area contributed by atoms with E-state index in [0.29, 0.717) is 19.5 Å². The number of nitrogens with zero attached hydrogens (tertiary/aromatic N) is 1. The number of carbonyl (C=O) groups excluding carboxylic acids is 3. The summed E-state index contributed by atoms with van der Waals surface area (Å²) in [4.78, 5) is 37.2. The summed E-state index contributed by atoms with van der Waals surface area (Å²) in [5.74, 6) is -0.758. The van der Waals surface area contributed by atoms with E-state index >= 15 is 0 Å². The van der Waals surface area contributed by atoms with E-state index in [1.165, 1.54) is 0 Å². The highest BCUT2D eigenvalue weighted by atomic mass is 16.5. The van der Waals surface area contributed by atoms with Gasteiger partial charge in [0.1, 0.15) is 12.6 Å². The third-order valence-corrected chi connectivity index (χ3v) is 3.80. The van der Waals surface area contributed by atoms with Crippen molar-refractivity contribution in [1.82, 2.24) is 15.5 Å². The highest BCUT2D eigenvalue weighted by Gasteiger charge is 2.33. The van der Waals surface area contributed by atoms with Crippen LogP contribution in [0.3, 0.4) is 0 Å². The fourth-order valence-electron chi connectivity index (χ4n) is 2.66. The molecule has 1 unspecified atom stereocenters. The lowest BCUT2D eigenvalue weighted by Crippen LogP contribution is -2.47. The van der Waals surface area contributed by atoms with Crippen LogP contribution >= 0.6 is 0 Å². The van der Waals surface area contributed by atoms with Gasteiger partial charge in [-0.25, -0.2) is 4.79 Å². The molecule has 130 valence electrons. The van der Waals surface area contributed by atoms with E-state index in [-0.39, 0.29) is 19.1 Å². The molecule has 0 bridgehead atoms. The average molecular weight is 333 g/mol. The van der Waals surface area contributed by atoms with E-state index in [9.17, 15) is 14.4 Å². The van der Waals surface area contributed by atoms with E-state index in [2.05, 4.69) is 10.6 Å². The van der Waals surface area contributed by atoms with E-state index < -0.39 is 18.0 Å². The lowest BCUT2D eigenvalue weighted by atomic mass is 10.2. The molecule has 0 saturated carbocycles. The molecule has 1 aliphatic rings. The summed E-state index contributed by atoms with van der Waals surface area (Å²) in [6, 6.07) is 8.49. The zero-order valence-corrected chi connectivity index (χ0v) is 13.8. The molecule has 1 fully saturated rings. The van der Waals surface area contributed by atoms with Crippen LogP contribution in [0.2, 0.25) is 0 Å². The van der Waals surface area contributed by atoms with Crippen LogP contribution in [0.25, 0.3) is 0 Å². The Morgan fingerprint density at radius 3 is 2.71 bits per heavy atom. The standard InChI is InChI=1S/C17H23N3O4/c1-2-18-17(23)19-15(21)11-20-10-6-9-14(20)16(22)24-12-13-7-4-3-5-8-13/h3-5,7-8,14H,2,6,9-12H2,1H3,(H2,18,19,21,23). The van der Waals surface area contributed by atoms with Gasteiger partial charge in [0.2, 0.25) is 5.91 Å². The van der Waals surface area contributed by atoms with E-state index in [0.717, 1.165) is 12.0 Å². The van der Waals surface area contributed by atoms with E-state index in [1.807, 2.05) is 30.3 Å². The van der Waals surface area contributed by atoms with Crippen LogP contribution in [-0.4, -0.2) is 48.5 Å². The van der Waals surface area contributed by atoms with E-state index in [1.54, 1.807) is 11.8 Å². The number of urea groups is 1. The van der Waals surface area contributed by atoms with Crippen LogP contribution in [0.4, 0.5) is 4.79 Å². The maximum absolute atomic E-state index is 12.3. The van der Waals surface area contributed by atoms with Crippen molar-refractivity contribution in [3.05, 3.63) is 35.9 Å². The molecule has 0 aromatic heterocycles. The summed E-state index contributed by atoms with van der Waals surface area (Å²) in [6.45, 7) is 3.06. The molecule has 2 N–H and O–H groups in total. The van der Waals surface area contributed by atoms with Gasteiger partial charge in [-0.05, 0) is 31.9 Å². The first kappa shape index (κ1) is 17.9. The third kappa shape index (κ3) is 5.34. The van der Waals surface area contributed by atoms with Crippen molar-refractivity contribution >= 4 is 17.9 Å². The molecular formula is C17H23N3O4. The second kappa shape index (κ2) is 9.02. The van der Waals surface area contributed by atoms with Gasteiger partial charge < -0.3 is 10.1 Å². The molecule has 1 atom stereocenters. The van der Waals surface area contributed by atoms with Crippen LogP contribution in [0.15, 0.2) is 30.3 Å². The van der Waals surface area contributed by atoms with Gasteiger partial charge in [0.15, 0.2) is 0 Å². The second-order valence-electron chi connectivity index (χ2n) is 5.63. The number of ether oxygens (including phenoxy) is 1. The Hall–Kier alpha value is -2.41. The number of carbonyl (C=O) groups is 3. The van der Waals surface area contributed by atoms with Gasteiger partial charge in [0.25, 0.3) is 0 Å². The molecule has 1 heterocycles. The number of hydrogen-bond donors (Lipinski definition) is 2. The Balaban J connectivity index is 1.82. The van der Waals surface area contributed by atoms with Crippen molar-refractivity contribution in [2.75, 3.05) is 19.6 Å². The maximum atomic E-state index is 12.3. The number of amides is 3. The van der Waals surface area contributed by atoms with Crippen LogP contribution in [0.5, 0.6) is 0 Å². The Bertz CT molecular complexity index is 576. The molecule has 24 heavy (non-hydrogen) atoms. The van der Waals surface area contributed by atoms with Crippen molar-refractivity contribution in [3.8, 4) is 0 Å². The second-order valence-corrected chi connectivity index (χ2v) is 5.63. The topological polar surface area (TPSA) is 87.7 Å². The van der Waals surface area contributed by atoms with Gasteiger partial charge in [0, 0.05) is 6.54 Å². The minimum absolute atomic E-state index is 0.00222. The van der Waals surface area contributed by atoms with Crippen LogP contribution < -0.4 is 10.6 Å². The van der Waals surface area contributed by atoms with Gasteiger partial charge in [-0.1, -0.05) is 30.3 Å². The van der Waals surface area contributed by atoms with Crippen molar-refractivity contribution in [1.29, 1.82) is 0 Å². The molecule has 1 saturated heterocycles. The molecule has 0 radical (unpaired) electrons. The number of rotatable bonds is 6. The summed E-state index contributed by atoms with van der Waals surface area (Å²) < 4.78 is 5.35. The molecule has 3 amide bonds. The molecule has 0 aliphatic carbocycles. The summed E-state index contributed by atoms with van der Waals surface area (Å²) in [7, 11) is 0. The summed E-state index contributed by atoms with van der Waals surface area (Å²) >= 11 is 0. The third-order valence-electron chi connectivity index (χ3n) is 3.80. The van der Waals surface area contributed by atoms with Crippen LogP contribution in [0, 0.1) is 0 Å². The molecular weight excluding hydrogens is 310 g/mol. The van der Waals surface area contributed by atoms with Crippen molar-refractivity contribution in [2.45, 2.75) is 32.4 Å². The monoisotopic (exact) mass is 333 g/mol. The quantitative estimate of drug-likeness (QED) is 0.760.